The standard InChI is InChI=1S/C25H29FN6O/c1-16-14-19(10-11-20(16)26)27-12-5-13-28-24-30-23(29-21-15-22(33)31-32(21)24)17-6-8-18(9-7-17)25(2,3)4/h6-11,14-15,27H,5,12-13H2,1-4H3,(H,31,33)(H,28,29,30). The van der Waals surface area contributed by atoms with Gasteiger partial charge in [0.2, 0.25) is 5.95 Å². The van der Waals surface area contributed by atoms with Gasteiger partial charge in [-0.15, -0.1) is 0 Å². The van der Waals surface area contributed by atoms with Gasteiger partial charge in [-0.25, -0.2) is 13.9 Å². The maximum Gasteiger partial charge on any atom is 0.266 e. The van der Waals surface area contributed by atoms with Gasteiger partial charge in [0.25, 0.3) is 5.56 Å². The number of nitrogens with one attached hydrogen (secondary N) is 3. The van der Waals surface area contributed by atoms with Crippen molar-refractivity contribution in [1.29, 1.82) is 0 Å². The van der Waals surface area contributed by atoms with E-state index in [-0.39, 0.29) is 16.8 Å². The van der Waals surface area contributed by atoms with Crippen LogP contribution in [0, 0.1) is 12.7 Å². The molecule has 4 rings (SSSR count). The fraction of sp³-hybridized carbons (Fsp3) is 0.320. The van der Waals surface area contributed by atoms with Crippen molar-refractivity contribution in [3.05, 3.63) is 75.8 Å². The minimum Gasteiger partial charge on any atom is -0.385 e. The van der Waals surface area contributed by atoms with E-state index in [0.29, 0.717) is 36.1 Å². The number of H-pyrrole nitrogens is 1. The highest BCUT2D eigenvalue weighted by atomic mass is 19.1. The molecule has 0 fully saturated rings. The number of aromatic nitrogens is 4. The lowest BCUT2D eigenvalue weighted by molar-refractivity contribution is 0.590. The predicted octanol–water partition coefficient (Wildman–Crippen LogP) is 4.74. The molecule has 0 aliphatic carbocycles. The molecule has 2 heterocycles. The van der Waals surface area contributed by atoms with Gasteiger partial charge < -0.3 is 10.6 Å². The van der Waals surface area contributed by atoms with E-state index in [1.165, 1.54) is 17.7 Å². The van der Waals surface area contributed by atoms with Crippen LogP contribution in [0.4, 0.5) is 16.0 Å². The molecule has 4 aromatic rings. The van der Waals surface area contributed by atoms with E-state index >= 15 is 0 Å². The van der Waals surface area contributed by atoms with Gasteiger partial charge in [0.15, 0.2) is 11.5 Å². The van der Waals surface area contributed by atoms with Crippen molar-refractivity contribution in [3.8, 4) is 11.4 Å². The minimum atomic E-state index is -0.235. The smallest absolute Gasteiger partial charge is 0.266 e. The highest BCUT2D eigenvalue weighted by Crippen LogP contribution is 2.25. The van der Waals surface area contributed by atoms with Crippen LogP contribution in [-0.4, -0.2) is 32.7 Å². The molecule has 0 bridgehead atoms. The van der Waals surface area contributed by atoms with Gasteiger partial charge in [-0.05, 0) is 48.1 Å². The van der Waals surface area contributed by atoms with Gasteiger partial charge in [0.1, 0.15) is 5.82 Å². The predicted molar refractivity (Wildman–Crippen MR) is 130 cm³/mol. The van der Waals surface area contributed by atoms with Gasteiger partial charge in [0.05, 0.1) is 0 Å². The van der Waals surface area contributed by atoms with Gasteiger partial charge >= 0.3 is 0 Å². The van der Waals surface area contributed by atoms with E-state index in [1.54, 1.807) is 23.6 Å². The highest BCUT2D eigenvalue weighted by molar-refractivity contribution is 5.60. The lowest BCUT2D eigenvalue weighted by Gasteiger charge is -2.19. The highest BCUT2D eigenvalue weighted by Gasteiger charge is 2.15. The van der Waals surface area contributed by atoms with E-state index in [9.17, 15) is 9.18 Å². The summed E-state index contributed by atoms with van der Waals surface area (Å²) in [5.74, 6) is 0.867. The Morgan fingerprint density at radius 3 is 2.42 bits per heavy atom. The second-order valence-electron chi connectivity index (χ2n) is 9.18. The maximum absolute atomic E-state index is 13.4. The Kier molecular flexibility index (Phi) is 6.18. The monoisotopic (exact) mass is 448 g/mol. The number of halogens is 1. The first-order valence-electron chi connectivity index (χ1n) is 11.1. The van der Waals surface area contributed by atoms with Gasteiger partial charge in [-0.1, -0.05) is 45.0 Å². The van der Waals surface area contributed by atoms with E-state index in [0.717, 1.165) is 17.7 Å². The zero-order chi connectivity index (χ0) is 23.6. The molecule has 33 heavy (non-hydrogen) atoms. The third kappa shape index (κ3) is 5.22. The van der Waals surface area contributed by atoms with Crippen LogP contribution in [0.2, 0.25) is 0 Å². The molecule has 2 aromatic heterocycles. The number of hydrogen-bond donors (Lipinski definition) is 3. The Morgan fingerprint density at radius 1 is 1.00 bits per heavy atom. The van der Waals surface area contributed by atoms with Crippen LogP contribution < -0.4 is 16.2 Å². The van der Waals surface area contributed by atoms with Crippen molar-refractivity contribution in [2.45, 2.75) is 39.5 Å². The molecule has 7 nitrogen and oxygen atoms in total. The van der Waals surface area contributed by atoms with Crippen molar-refractivity contribution < 1.29 is 4.39 Å². The van der Waals surface area contributed by atoms with Crippen LogP contribution in [0.15, 0.2) is 53.3 Å². The minimum absolute atomic E-state index is 0.0602. The Hall–Kier alpha value is -3.68. The fourth-order valence-corrected chi connectivity index (χ4v) is 3.55. The third-order valence-corrected chi connectivity index (χ3v) is 5.49. The Labute approximate surface area is 192 Å². The molecule has 0 spiro atoms. The summed E-state index contributed by atoms with van der Waals surface area (Å²) in [6.07, 6.45) is 0.795. The normalized spacial score (nSPS) is 11.7. The molecule has 0 amide bonds. The van der Waals surface area contributed by atoms with Crippen molar-refractivity contribution >= 4 is 17.3 Å². The molecule has 0 radical (unpaired) electrons. The Balaban J connectivity index is 1.47. The van der Waals surface area contributed by atoms with Crippen molar-refractivity contribution in [1.82, 2.24) is 19.6 Å². The molecule has 0 aliphatic heterocycles. The van der Waals surface area contributed by atoms with E-state index in [4.69, 9.17) is 0 Å². The molecule has 0 unspecified atom stereocenters. The number of anilines is 2. The van der Waals surface area contributed by atoms with Crippen molar-refractivity contribution in [2.75, 3.05) is 23.7 Å². The molecule has 8 heteroatoms. The van der Waals surface area contributed by atoms with Crippen molar-refractivity contribution in [3.63, 3.8) is 0 Å². The summed E-state index contributed by atoms with van der Waals surface area (Å²) in [6, 6.07) is 14.6. The lowest BCUT2D eigenvalue weighted by atomic mass is 9.87. The second-order valence-corrected chi connectivity index (χ2v) is 9.18. The van der Waals surface area contributed by atoms with Crippen molar-refractivity contribution in [2.24, 2.45) is 0 Å². The number of aryl methyl sites for hydroxylation is 1. The summed E-state index contributed by atoms with van der Waals surface area (Å²) in [6.45, 7) is 9.59. The molecular weight excluding hydrogens is 419 g/mol. The third-order valence-electron chi connectivity index (χ3n) is 5.49. The number of rotatable bonds is 7. The van der Waals surface area contributed by atoms with Crippen LogP contribution in [0.1, 0.15) is 38.3 Å². The zero-order valence-electron chi connectivity index (χ0n) is 19.4. The molecule has 3 N–H and O–H groups in total. The summed E-state index contributed by atoms with van der Waals surface area (Å²) in [7, 11) is 0. The fourth-order valence-electron chi connectivity index (χ4n) is 3.55. The Bertz CT molecular complexity index is 1320. The van der Waals surface area contributed by atoms with Crippen LogP contribution in [-0.2, 0) is 5.41 Å². The number of fused-ring (bicyclic) bond motifs is 1. The molecule has 172 valence electrons. The first-order chi connectivity index (χ1) is 15.7. The van der Waals surface area contributed by atoms with Crippen LogP contribution >= 0.6 is 0 Å². The molecule has 0 atom stereocenters. The lowest BCUT2D eigenvalue weighted by Crippen LogP contribution is -2.14. The molecular formula is C25H29FN6O. The Morgan fingerprint density at radius 2 is 1.73 bits per heavy atom. The summed E-state index contributed by atoms with van der Waals surface area (Å²) >= 11 is 0. The number of hydrogen-bond acceptors (Lipinski definition) is 5. The summed E-state index contributed by atoms with van der Waals surface area (Å²) < 4.78 is 15.0. The van der Waals surface area contributed by atoms with Gasteiger partial charge in [0, 0.05) is 30.4 Å². The molecule has 0 aliphatic rings. The molecule has 2 aromatic carbocycles. The molecule has 0 saturated heterocycles. The number of benzene rings is 2. The molecule has 0 saturated carbocycles. The summed E-state index contributed by atoms with van der Waals surface area (Å²) in [5, 5.41) is 9.32. The summed E-state index contributed by atoms with van der Waals surface area (Å²) in [5.41, 5.74) is 3.94. The quantitative estimate of drug-likeness (QED) is 0.355. The first-order valence-corrected chi connectivity index (χ1v) is 11.1. The van der Waals surface area contributed by atoms with Gasteiger partial charge in [-0.3, -0.25) is 9.89 Å². The number of aromatic amines is 1. The number of nitrogens with zero attached hydrogens (tertiary/aromatic N) is 3. The van der Waals surface area contributed by atoms with Crippen LogP contribution in [0.5, 0.6) is 0 Å². The maximum atomic E-state index is 13.4. The van der Waals surface area contributed by atoms with Crippen LogP contribution in [0.3, 0.4) is 0 Å². The topological polar surface area (TPSA) is 87.1 Å². The largest absolute Gasteiger partial charge is 0.385 e. The van der Waals surface area contributed by atoms with Crippen LogP contribution in [0.25, 0.3) is 17.0 Å². The average Bonchev–Trinajstić information content (AvgIpc) is 3.15. The van der Waals surface area contributed by atoms with E-state index in [2.05, 4.69) is 58.6 Å². The van der Waals surface area contributed by atoms with Gasteiger partial charge in [-0.2, -0.15) is 4.98 Å². The average molecular weight is 449 g/mol. The SMILES string of the molecule is Cc1cc(NCCCNc2nc(-c3ccc(C(C)(C)C)cc3)nc3cc(=O)[nH]n23)ccc1F. The zero-order valence-corrected chi connectivity index (χ0v) is 19.4. The summed E-state index contributed by atoms with van der Waals surface area (Å²) in [4.78, 5) is 21.1. The second kappa shape index (κ2) is 9.05. The van der Waals surface area contributed by atoms with E-state index in [1.807, 2.05) is 12.1 Å². The first kappa shape index (κ1) is 22.5. The van der Waals surface area contributed by atoms with E-state index < -0.39 is 0 Å².